The Labute approximate surface area is 130 Å². The molecule has 0 saturated heterocycles. The summed E-state index contributed by atoms with van der Waals surface area (Å²) in [7, 11) is 0. The lowest BCUT2D eigenvalue weighted by Gasteiger charge is -2.28. The molecule has 20 heavy (non-hydrogen) atoms. The molecule has 112 valence electrons. The van der Waals surface area contributed by atoms with Crippen molar-refractivity contribution >= 4 is 15.9 Å². The molecule has 0 aromatic heterocycles. The summed E-state index contributed by atoms with van der Waals surface area (Å²) in [6, 6.07) is 5.65. The van der Waals surface area contributed by atoms with Gasteiger partial charge in [-0.25, -0.2) is 4.39 Å². The van der Waals surface area contributed by atoms with E-state index in [4.69, 9.17) is 0 Å². The molecular weight excluding hydrogens is 317 g/mol. The van der Waals surface area contributed by atoms with Crippen molar-refractivity contribution < 1.29 is 4.39 Å². The third kappa shape index (κ3) is 4.29. The Balaban J connectivity index is 2.20. The Hall–Kier alpha value is -0.410. The molecule has 3 heteroatoms. The number of benzene rings is 1. The summed E-state index contributed by atoms with van der Waals surface area (Å²) in [6.45, 7) is 3.12. The monoisotopic (exact) mass is 341 g/mol. The van der Waals surface area contributed by atoms with Crippen molar-refractivity contribution in [2.45, 2.75) is 57.9 Å². The summed E-state index contributed by atoms with van der Waals surface area (Å²) in [5.41, 5.74) is 0.841. The molecule has 0 heterocycles. The quantitative estimate of drug-likeness (QED) is 0.687. The molecule has 1 fully saturated rings. The van der Waals surface area contributed by atoms with Gasteiger partial charge >= 0.3 is 0 Å². The first-order valence-corrected chi connectivity index (χ1v) is 8.70. The van der Waals surface area contributed by atoms with Crippen LogP contribution in [0.5, 0.6) is 0 Å². The van der Waals surface area contributed by atoms with Gasteiger partial charge in [-0.15, -0.1) is 0 Å². The van der Waals surface area contributed by atoms with Gasteiger partial charge in [0.05, 0.1) is 0 Å². The van der Waals surface area contributed by atoms with E-state index >= 15 is 0 Å². The first-order valence-electron chi connectivity index (χ1n) is 7.90. The van der Waals surface area contributed by atoms with E-state index in [-0.39, 0.29) is 11.9 Å². The molecule has 1 nitrogen and oxygen atoms in total. The lowest BCUT2D eigenvalue weighted by molar-refractivity contribution is 0.318. The minimum Gasteiger partial charge on any atom is -0.310 e. The first kappa shape index (κ1) is 16.0. The van der Waals surface area contributed by atoms with Crippen LogP contribution in [0.15, 0.2) is 22.7 Å². The van der Waals surface area contributed by atoms with E-state index in [0.717, 1.165) is 23.0 Å². The van der Waals surface area contributed by atoms with Crippen LogP contribution in [0.4, 0.5) is 4.39 Å². The number of nitrogens with one attached hydrogen (secondary N) is 1. The summed E-state index contributed by atoms with van der Waals surface area (Å²) in [5.74, 6) is 0.483. The van der Waals surface area contributed by atoms with Crippen molar-refractivity contribution in [1.82, 2.24) is 5.32 Å². The van der Waals surface area contributed by atoms with Crippen molar-refractivity contribution in [2.24, 2.45) is 5.92 Å². The van der Waals surface area contributed by atoms with Crippen LogP contribution in [0.2, 0.25) is 0 Å². The van der Waals surface area contributed by atoms with E-state index in [9.17, 15) is 4.39 Å². The lowest BCUT2D eigenvalue weighted by atomic mass is 9.87. The largest absolute Gasteiger partial charge is 0.310 e. The molecule has 0 amide bonds. The molecule has 1 N–H and O–H groups in total. The molecule has 2 rings (SSSR count). The Bertz CT molecular complexity index is 413. The molecule has 1 unspecified atom stereocenters. The zero-order valence-corrected chi connectivity index (χ0v) is 13.9. The highest BCUT2D eigenvalue weighted by Crippen LogP contribution is 2.35. The SMILES string of the molecule is CCCNC(c1ccc(Br)cc1F)C1CCCCCC1. The second-order valence-corrected chi connectivity index (χ2v) is 6.76. The maximum Gasteiger partial charge on any atom is 0.129 e. The van der Waals surface area contributed by atoms with Crippen LogP contribution in [0.3, 0.4) is 0 Å². The Morgan fingerprint density at radius 3 is 2.55 bits per heavy atom. The van der Waals surface area contributed by atoms with Crippen LogP contribution < -0.4 is 5.32 Å². The van der Waals surface area contributed by atoms with Crippen molar-refractivity contribution in [2.75, 3.05) is 6.54 Å². The van der Waals surface area contributed by atoms with Gasteiger partial charge in [0, 0.05) is 16.1 Å². The van der Waals surface area contributed by atoms with Gasteiger partial charge in [-0.1, -0.05) is 54.6 Å². The van der Waals surface area contributed by atoms with E-state index in [2.05, 4.69) is 28.2 Å². The maximum absolute atomic E-state index is 14.3. The number of hydrogen-bond donors (Lipinski definition) is 1. The molecule has 1 atom stereocenters. The van der Waals surface area contributed by atoms with Crippen LogP contribution >= 0.6 is 15.9 Å². The van der Waals surface area contributed by atoms with E-state index in [0.29, 0.717) is 5.92 Å². The molecule has 1 aliphatic rings. The fourth-order valence-corrected chi connectivity index (χ4v) is 3.56. The highest BCUT2D eigenvalue weighted by molar-refractivity contribution is 9.10. The second kappa shape index (κ2) is 8.14. The van der Waals surface area contributed by atoms with Gasteiger partial charge in [-0.2, -0.15) is 0 Å². The molecule has 1 saturated carbocycles. The third-order valence-corrected chi connectivity index (χ3v) is 4.78. The van der Waals surface area contributed by atoms with E-state index in [1.165, 1.54) is 38.5 Å². The van der Waals surface area contributed by atoms with Gasteiger partial charge in [0.1, 0.15) is 5.82 Å². The maximum atomic E-state index is 14.3. The Morgan fingerprint density at radius 2 is 1.95 bits per heavy atom. The van der Waals surface area contributed by atoms with E-state index in [1.54, 1.807) is 6.07 Å². The van der Waals surface area contributed by atoms with Crippen LogP contribution in [-0.4, -0.2) is 6.54 Å². The number of halogens is 2. The normalized spacial score (nSPS) is 18.8. The fraction of sp³-hybridized carbons (Fsp3) is 0.647. The minimum atomic E-state index is -0.0859. The Morgan fingerprint density at radius 1 is 1.25 bits per heavy atom. The van der Waals surface area contributed by atoms with Gasteiger partial charge in [-0.3, -0.25) is 0 Å². The topological polar surface area (TPSA) is 12.0 Å². The highest BCUT2D eigenvalue weighted by atomic mass is 79.9. The average molecular weight is 342 g/mol. The lowest BCUT2D eigenvalue weighted by Crippen LogP contribution is -2.29. The summed E-state index contributed by atoms with van der Waals surface area (Å²) < 4.78 is 15.1. The van der Waals surface area contributed by atoms with Crippen LogP contribution in [0.25, 0.3) is 0 Å². The summed E-state index contributed by atoms with van der Waals surface area (Å²) >= 11 is 3.35. The molecular formula is C17H25BrFN. The zero-order chi connectivity index (χ0) is 14.4. The van der Waals surface area contributed by atoms with Crippen molar-refractivity contribution in [1.29, 1.82) is 0 Å². The van der Waals surface area contributed by atoms with Gasteiger partial charge < -0.3 is 5.32 Å². The molecule has 0 spiro atoms. The van der Waals surface area contributed by atoms with E-state index in [1.807, 2.05) is 12.1 Å². The predicted octanol–water partition coefficient (Wildman–Crippen LogP) is 5.60. The summed E-state index contributed by atoms with van der Waals surface area (Å²) in [5, 5.41) is 3.59. The summed E-state index contributed by atoms with van der Waals surface area (Å²) in [4.78, 5) is 0. The molecule has 0 radical (unpaired) electrons. The molecule has 0 bridgehead atoms. The predicted molar refractivity (Wildman–Crippen MR) is 86.3 cm³/mol. The average Bonchev–Trinajstić information content (AvgIpc) is 2.70. The Kier molecular flexibility index (Phi) is 6.50. The minimum absolute atomic E-state index is 0.0859. The standard InChI is InChI=1S/C17H25BrFN/c1-2-11-20-17(13-7-5-3-4-6-8-13)15-10-9-14(18)12-16(15)19/h9-10,12-13,17,20H,2-8,11H2,1H3. The number of rotatable bonds is 5. The van der Waals surface area contributed by atoms with Crippen LogP contribution in [0, 0.1) is 11.7 Å². The highest BCUT2D eigenvalue weighted by Gasteiger charge is 2.25. The third-order valence-electron chi connectivity index (χ3n) is 4.28. The fourth-order valence-electron chi connectivity index (χ4n) is 3.23. The summed E-state index contributed by atoms with van der Waals surface area (Å²) in [6.07, 6.45) is 8.76. The van der Waals surface area contributed by atoms with Gasteiger partial charge in [-0.05, 0) is 43.9 Å². The number of hydrogen-bond acceptors (Lipinski definition) is 1. The molecule has 1 aromatic carbocycles. The van der Waals surface area contributed by atoms with Crippen LogP contribution in [0.1, 0.15) is 63.5 Å². The van der Waals surface area contributed by atoms with Gasteiger partial charge in [0.2, 0.25) is 0 Å². The van der Waals surface area contributed by atoms with Gasteiger partial charge in [0.15, 0.2) is 0 Å². The van der Waals surface area contributed by atoms with Gasteiger partial charge in [0.25, 0.3) is 0 Å². The zero-order valence-electron chi connectivity index (χ0n) is 12.3. The first-order chi connectivity index (χ1) is 9.72. The molecule has 0 aliphatic heterocycles. The van der Waals surface area contributed by atoms with E-state index < -0.39 is 0 Å². The van der Waals surface area contributed by atoms with Crippen molar-refractivity contribution in [3.8, 4) is 0 Å². The smallest absolute Gasteiger partial charge is 0.129 e. The molecule has 1 aliphatic carbocycles. The van der Waals surface area contributed by atoms with Crippen LogP contribution in [-0.2, 0) is 0 Å². The molecule has 1 aromatic rings. The van der Waals surface area contributed by atoms with Crippen molar-refractivity contribution in [3.05, 3.63) is 34.1 Å². The second-order valence-electron chi connectivity index (χ2n) is 5.85. The van der Waals surface area contributed by atoms with Crippen molar-refractivity contribution in [3.63, 3.8) is 0 Å².